The summed E-state index contributed by atoms with van der Waals surface area (Å²) in [5, 5.41) is 17.3. The Bertz CT molecular complexity index is 933. The van der Waals surface area contributed by atoms with Crippen molar-refractivity contribution >= 4 is 56.4 Å². The molecule has 0 heterocycles. The number of halogens is 2. The Morgan fingerprint density at radius 1 is 1.26 bits per heavy atom. The van der Waals surface area contributed by atoms with E-state index in [0.717, 1.165) is 0 Å². The first-order valence-corrected chi connectivity index (χ1v) is 8.77. The molecule has 8 nitrogen and oxygen atoms in total. The van der Waals surface area contributed by atoms with Gasteiger partial charge in [-0.05, 0) is 47.1 Å². The van der Waals surface area contributed by atoms with Crippen LogP contribution in [0.4, 0.5) is 11.4 Å². The summed E-state index contributed by atoms with van der Waals surface area (Å²) in [5.74, 6) is -0.862. The van der Waals surface area contributed by atoms with Gasteiger partial charge in [-0.2, -0.15) is 5.10 Å². The fourth-order valence-electron chi connectivity index (χ4n) is 2.06. The minimum absolute atomic E-state index is 0.0227. The summed E-state index contributed by atoms with van der Waals surface area (Å²) in [5.41, 5.74) is 3.07. The zero-order chi connectivity index (χ0) is 20.0. The quantitative estimate of drug-likeness (QED) is 0.388. The van der Waals surface area contributed by atoms with Crippen molar-refractivity contribution in [1.82, 2.24) is 5.43 Å². The highest BCUT2D eigenvalue weighted by atomic mass is 79.9. The van der Waals surface area contributed by atoms with Crippen molar-refractivity contribution in [2.45, 2.75) is 13.3 Å². The third-order valence-corrected chi connectivity index (χ3v) is 4.32. The Hall–Kier alpha value is -2.78. The van der Waals surface area contributed by atoms with Crippen LogP contribution in [0.15, 0.2) is 52.0 Å². The summed E-state index contributed by atoms with van der Waals surface area (Å²) in [7, 11) is 0. The number of nitro groups is 1. The average molecular weight is 454 g/mol. The number of nitrogens with zero attached hydrogens (tertiary/aromatic N) is 2. The monoisotopic (exact) mass is 452 g/mol. The number of nitrogens with one attached hydrogen (secondary N) is 2. The van der Waals surface area contributed by atoms with E-state index in [2.05, 4.69) is 31.8 Å². The van der Waals surface area contributed by atoms with Crippen LogP contribution in [0.2, 0.25) is 5.02 Å². The number of carbonyl (C=O) groups excluding carboxylic acids is 2. The topological polar surface area (TPSA) is 114 Å². The van der Waals surface area contributed by atoms with E-state index in [0.29, 0.717) is 15.7 Å². The second kappa shape index (κ2) is 9.24. The average Bonchev–Trinajstić information content (AvgIpc) is 2.61. The molecule has 0 aliphatic carbocycles. The minimum atomic E-state index is -0.637. The standard InChI is InChI=1S/C17H14BrClN4O4/c1-10(21-22-17(25)12-4-2-3-5-13(12)18)8-16(24)20-11-6-7-14(19)15(9-11)23(26)27/h2-7,9H,8H2,1H3,(H,20,24)(H,22,25). The van der Waals surface area contributed by atoms with E-state index in [9.17, 15) is 19.7 Å². The van der Waals surface area contributed by atoms with Crippen molar-refractivity contribution in [3.05, 3.63) is 67.6 Å². The number of amides is 2. The molecule has 2 aromatic rings. The predicted octanol–water partition coefficient (Wildman–Crippen LogP) is 4.15. The maximum absolute atomic E-state index is 12.1. The highest BCUT2D eigenvalue weighted by Gasteiger charge is 2.14. The molecule has 0 radical (unpaired) electrons. The molecule has 140 valence electrons. The summed E-state index contributed by atoms with van der Waals surface area (Å²) >= 11 is 9.00. The number of nitro benzene ring substituents is 1. The van der Waals surface area contributed by atoms with Crippen LogP contribution < -0.4 is 10.7 Å². The van der Waals surface area contributed by atoms with Crippen molar-refractivity contribution in [3.63, 3.8) is 0 Å². The van der Waals surface area contributed by atoms with Gasteiger partial charge in [-0.3, -0.25) is 19.7 Å². The van der Waals surface area contributed by atoms with Crippen LogP contribution >= 0.6 is 27.5 Å². The normalized spacial score (nSPS) is 11.0. The summed E-state index contributed by atoms with van der Waals surface area (Å²) in [6, 6.07) is 10.8. The van der Waals surface area contributed by atoms with Crippen molar-refractivity contribution in [2.75, 3.05) is 5.32 Å². The van der Waals surface area contributed by atoms with E-state index in [-0.39, 0.29) is 22.8 Å². The maximum atomic E-state index is 12.1. The van der Waals surface area contributed by atoms with E-state index < -0.39 is 16.7 Å². The van der Waals surface area contributed by atoms with Crippen molar-refractivity contribution in [1.29, 1.82) is 0 Å². The fraction of sp³-hybridized carbons (Fsp3) is 0.118. The third kappa shape index (κ3) is 5.87. The molecule has 0 aliphatic heterocycles. The van der Waals surface area contributed by atoms with Gasteiger partial charge >= 0.3 is 0 Å². The van der Waals surface area contributed by atoms with Crippen LogP contribution in [-0.4, -0.2) is 22.4 Å². The molecule has 27 heavy (non-hydrogen) atoms. The molecular formula is C17H14BrClN4O4. The Morgan fingerprint density at radius 2 is 1.96 bits per heavy atom. The molecule has 0 spiro atoms. The van der Waals surface area contributed by atoms with Crippen LogP contribution in [0, 0.1) is 10.1 Å². The van der Waals surface area contributed by atoms with Crippen LogP contribution in [0.3, 0.4) is 0 Å². The first-order chi connectivity index (χ1) is 12.8. The number of carbonyl (C=O) groups is 2. The van der Waals surface area contributed by atoms with Gasteiger partial charge < -0.3 is 5.32 Å². The predicted molar refractivity (Wildman–Crippen MR) is 106 cm³/mol. The zero-order valence-corrected chi connectivity index (χ0v) is 16.4. The minimum Gasteiger partial charge on any atom is -0.326 e. The molecule has 2 N–H and O–H groups in total. The first kappa shape index (κ1) is 20.5. The molecule has 2 rings (SSSR count). The first-order valence-electron chi connectivity index (χ1n) is 7.59. The Morgan fingerprint density at radius 3 is 2.63 bits per heavy atom. The number of hydrogen-bond acceptors (Lipinski definition) is 5. The van der Waals surface area contributed by atoms with Crippen LogP contribution in [0.5, 0.6) is 0 Å². The lowest BCUT2D eigenvalue weighted by Crippen LogP contribution is -2.21. The molecule has 0 bridgehead atoms. The molecule has 10 heteroatoms. The molecule has 0 aromatic heterocycles. The molecule has 0 saturated heterocycles. The van der Waals surface area contributed by atoms with Gasteiger partial charge in [0.1, 0.15) is 5.02 Å². The lowest BCUT2D eigenvalue weighted by molar-refractivity contribution is -0.384. The van der Waals surface area contributed by atoms with Crippen LogP contribution in [0.1, 0.15) is 23.7 Å². The Balaban J connectivity index is 1.96. The van der Waals surface area contributed by atoms with Gasteiger partial charge in [0.05, 0.1) is 16.9 Å². The lowest BCUT2D eigenvalue weighted by Gasteiger charge is -2.06. The number of rotatable bonds is 6. The molecule has 0 fully saturated rings. The van der Waals surface area contributed by atoms with Crippen molar-refractivity contribution in [3.8, 4) is 0 Å². The van der Waals surface area contributed by atoms with Crippen LogP contribution in [-0.2, 0) is 4.79 Å². The number of benzene rings is 2. The maximum Gasteiger partial charge on any atom is 0.289 e. The molecule has 2 aromatic carbocycles. The molecular weight excluding hydrogens is 440 g/mol. The van der Waals surface area contributed by atoms with Gasteiger partial charge in [-0.1, -0.05) is 23.7 Å². The highest BCUT2D eigenvalue weighted by molar-refractivity contribution is 9.10. The highest BCUT2D eigenvalue weighted by Crippen LogP contribution is 2.27. The zero-order valence-electron chi connectivity index (χ0n) is 14.0. The molecule has 0 atom stereocenters. The van der Waals surface area contributed by atoms with Gasteiger partial charge in [-0.15, -0.1) is 0 Å². The van der Waals surface area contributed by atoms with Crippen molar-refractivity contribution in [2.24, 2.45) is 5.10 Å². The molecule has 2 amide bonds. The molecule has 0 aliphatic rings. The third-order valence-electron chi connectivity index (χ3n) is 3.31. The lowest BCUT2D eigenvalue weighted by atomic mass is 10.2. The summed E-state index contributed by atoms with van der Waals surface area (Å²) in [6.07, 6.45) is -0.105. The van der Waals surface area contributed by atoms with Gasteiger partial charge in [0.2, 0.25) is 5.91 Å². The van der Waals surface area contributed by atoms with Gasteiger partial charge in [-0.25, -0.2) is 5.43 Å². The Labute approximate surface area is 167 Å². The largest absolute Gasteiger partial charge is 0.326 e. The van der Waals surface area contributed by atoms with E-state index in [1.807, 2.05) is 0 Å². The summed E-state index contributed by atoms with van der Waals surface area (Å²) in [6.45, 7) is 1.57. The van der Waals surface area contributed by atoms with E-state index in [1.54, 1.807) is 31.2 Å². The van der Waals surface area contributed by atoms with Gasteiger partial charge in [0, 0.05) is 21.9 Å². The smallest absolute Gasteiger partial charge is 0.289 e. The fourth-order valence-corrected chi connectivity index (χ4v) is 2.71. The van der Waals surface area contributed by atoms with E-state index in [1.165, 1.54) is 18.2 Å². The van der Waals surface area contributed by atoms with Gasteiger partial charge in [0.25, 0.3) is 11.6 Å². The van der Waals surface area contributed by atoms with E-state index in [4.69, 9.17) is 11.6 Å². The SMILES string of the molecule is CC(CC(=O)Nc1ccc(Cl)c([N+](=O)[O-])c1)=NNC(=O)c1ccccc1Br. The summed E-state index contributed by atoms with van der Waals surface area (Å²) < 4.78 is 0.623. The number of hydrazone groups is 1. The molecule has 0 unspecified atom stereocenters. The van der Waals surface area contributed by atoms with E-state index >= 15 is 0 Å². The summed E-state index contributed by atoms with van der Waals surface area (Å²) in [4.78, 5) is 34.3. The van der Waals surface area contributed by atoms with Crippen LogP contribution in [0.25, 0.3) is 0 Å². The van der Waals surface area contributed by atoms with Gasteiger partial charge in [0.15, 0.2) is 0 Å². The number of hydrogen-bond donors (Lipinski definition) is 2. The second-order valence-corrected chi connectivity index (χ2v) is 6.68. The second-order valence-electron chi connectivity index (χ2n) is 5.42. The molecule has 0 saturated carbocycles. The number of anilines is 1. The Kier molecular flexibility index (Phi) is 7.03. The van der Waals surface area contributed by atoms with Crippen molar-refractivity contribution < 1.29 is 14.5 Å².